The van der Waals surface area contributed by atoms with Crippen molar-refractivity contribution in [1.82, 2.24) is 9.55 Å². The average molecular weight is 304 g/mol. The monoisotopic (exact) mass is 304 g/mol. The molecule has 1 N–H and O–H groups in total. The van der Waals surface area contributed by atoms with Crippen molar-refractivity contribution >= 4 is 17.7 Å². The van der Waals surface area contributed by atoms with Gasteiger partial charge in [-0.3, -0.25) is 9.36 Å². The highest BCUT2D eigenvalue weighted by Crippen LogP contribution is 2.30. The highest BCUT2D eigenvalue weighted by atomic mass is 32.2. The Morgan fingerprint density at radius 3 is 2.67 bits per heavy atom. The normalized spacial score (nSPS) is 11.6. The molecular weight excluding hydrogens is 284 g/mol. The van der Waals surface area contributed by atoms with Crippen LogP contribution in [-0.4, -0.2) is 26.4 Å². The summed E-state index contributed by atoms with van der Waals surface area (Å²) in [5, 5.41) is 9.60. The molecule has 0 spiro atoms. The molecule has 21 heavy (non-hydrogen) atoms. The number of hydrogen-bond donors (Lipinski definition) is 1. The molecule has 1 aromatic heterocycles. The standard InChI is InChI=1S/C16H20N2O2S/c1-11-6-5-7-12(8-11)18-13(16(2,3)4)9-17-15(18)21-10-14(19)20/h5-9H,10H2,1-4H3,(H,19,20). The van der Waals surface area contributed by atoms with Crippen molar-refractivity contribution in [2.45, 2.75) is 38.3 Å². The number of nitrogens with zero attached hydrogens (tertiary/aromatic N) is 2. The van der Waals surface area contributed by atoms with Gasteiger partial charge >= 0.3 is 5.97 Å². The molecule has 1 aromatic carbocycles. The molecule has 0 saturated heterocycles. The second-order valence-corrected chi connectivity index (χ2v) is 6.98. The van der Waals surface area contributed by atoms with Crippen molar-refractivity contribution in [3.63, 3.8) is 0 Å². The Morgan fingerprint density at radius 1 is 1.38 bits per heavy atom. The van der Waals surface area contributed by atoms with Crippen LogP contribution < -0.4 is 0 Å². The molecule has 0 saturated carbocycles. The van der Waals surface area contributed by atoms with E-state index in [9.17, 15) is 4.79 Å². The van der Waals surface area contributed by atoms with Gasteiger partial charge in [0.25, 0.3) is 0 Å². The number of rotatable bonds is 4. The highest BCUT2D eigenvalue weighted by molar-refractivity contribution is 7.99. The Kier molecular flexibility index (Phi) is 4.42. The smallest absolute Gasteiger partial charge is 0.313 e. The largest absolute Gasteiger partial charge is 0.481 e. The number of imidazole rings is 1. The first-order chi connectivity index (χ1) is 9.79. The number of aliphatic carboxylic acids is 1. The topological polar surface area (TPSA) is 55.1 Å². The van der Waals surface area contributed by atoms with Crippen LogP contribution in [0.25, 0.3) is 5.69 Å². The molecule has 0 unspecified atom stereocenters. The molecular formula is C16H20N2O2S. The van der Waals surface area contributed by atoms with Crippen LogP contribution in [0.1, 0.15) is 32.0 Å². The number of hydrogen-bond acceptors (Lipinski definition) is 3. The van der Waals surface area contributed by atoms with E-state index in [1.54, 1.807) is 0 Å². The minimum absolute atomic E-state index is 0.00636. The Labute approximate surface area is 129 Å². The Balaban J connectivity index is 2.53. The van der Waals surface area contributed by atoms with Gasteiger partial charge in [0, 0.05) is 16.8 Å². The molecule has 0 atom stereocenters. The zero-order valence-corrected chi connectivity index (χ0v) is 13.6. The van der Waals surface area contributed by atoms with E-state index in [1.165, 1.54) is 11.8 Å². The first-order valence-corrected chi connectivity index (χ1v) is 7.77. The van der Waals surface area contributed by atoms with Gasteiger partial charge < -0.3 is 5.11 Å². The van der Waals surface area contributed by atoms with E-state index in [4.69, 9.17) is 5.11 Å². The van der Waals surface area contributed by atoms with Crippen molar-refractivity contribution in [1.29, 1.82) is 0 Å². The summed E-state index contributed by atoms with van der Waals surface area (Å²) in [6.45, 7) is 8.42. The average Bonchev–Trinajstić information content (AvgIpc) is 2.80. The fraction of sp³-hybridized carbons (Fsp3) is 0.375. The third-order valence-corrected chi connectivity index (χ3v) is 4.02. The van der Waals surface area contributed by atoms with Gasteiger partial charge in [-0.1, -0.05) is 44.7 Å². The first kappa shape index (κ1) is 15.6. The molecule has 0 aliphatic rings. The quantitative estimate of drug-likeness (QED) is 0.876. The van der Waals surface area contributed by atoms with Crippen LogP contribution in [-0.2, 0) is 10.2 Å². The third-order valence-electron chi connectivity index (χ3n) is 3.08. The minimum Gasteiger partial charge on any atom is -0.481 e. The lowest BCUT2D eigenvalue weighted by Crippen LogP contribution is -2.17. The summed E-state index contributed by atoms with van der Waals surface area (Å²) in [7, 11) is 0. The second kappa shape index (κ2) is 5.93. The van der Waals surface area contributed by atoms with Gasteiger partial charge in [0.1, 0.15) is 0 Å². The summed E-state index contributed by atoms with van der Waals surface area (Å²) in [6.07, 6.45) is 1.84. The zero-order chi connectivity index (χ0) is 15.6. The third kappa shape index (κ3) is 3.67. The maximum Gasteiger partial charge on any atom is 0.313 e. The molecule has 1 heterocycles. The van der Waals surface area contributed by atoms with Gasteiger partial charge in [0.2, 0.25) is 0 Å². The Morgan fingerprint density at radius 2 is 2.10 bits per heavy atom. The lowest BCUT2D eigenvalue weighted by molar-refractivity contribution is -0.133. The molecule has 4 nitrogen and oxygen atoms in total. The Hall–Kier alpha value is -1.75. The molecule has 0 amide bonds. The lowest BCUT2D eigenvalue weighted by atomic mass is 9.92. The van der Waals surface area contributed by atoms with Crippen LogP contribution in [0.4, 0.5) is 0 Å². The van der Waals surface area contributed by atoms with Crippen LogP contribution in [0.5, 0.6) is 0 Å². The van der Waals surface area contributed by atoms with Gasteiger partial charge in [0.05, 0.1) is 11.9 Å². The maximum atomic E-state index is 10.8. The van der Waals surface area contributed by atoms with E-state index in [1.807, 2.05) is 31.3 Å². The summed E-state index contributed by atoms with van der Waals surface area (Å²) in [6, 6.07) is 8.15. The lowest BCUT2D eigenvalue weighted by Gasteiger charge is -2.22. The number of carboxylic acids is 1. The van der Waals surface area contributed by atoms with E-state index < -0.39 is 5.97 Å². The predicted octanol–water partition coefficient (Wildman–Crippen LogP) is 3.65. The van der Waals surface area contributed by atoms with Crippen molar-refractivity contribution in [3.05, 3.63) is 41.7 Å². The fourth-order valence-electron chi connectivity index (χ4n) is 2.11. The fourth-order valence-corrected chi connectivity index (χ4v) is 2.82. The number of aromatic nitrogens is 2. The van der Waals surface area contributed by atoms with Gasteiger partial charge in [-0.05, 0) is 24.6 Å². The molecule has 0 radical (unpaired) electrons. The van der Waals surface area contributed by atoms with Gasteiger partial charge in [-0.2, -0.15) is 0 Å². The van der Waals surface area contributed by atoms with Crippen molar-refractivity contribution in [2.75, 3.05) is 5.75 Å². The highest BCUT2D eigenvalue weighted by Gasteiger charge is 2.23. The number of carbonyl (C=O) groups is 1. The Bertz CT molecular complexity index is 657. The van der Waals surface area contributed by atoms with E-state index in [0.717, 1.165) is 16.9 Å². The molecule has 5 heteroatoms. The number of benzene rings is 1. The maximum absolute atomic E-state index is 10.8. The van der Waals surface area contributed by atoms with Crippen LogP contribution in [0.15, 0.2) is 35.6 Å². The van der Waals surface area contributed by atoms with Gasteiger partial charge in [-0.15, -0.1) is 0 Å². The van der Waals surface area contributed by atoms with E-state index in [2.05, 4.69) is 36.4 Å². The summed E-state index contributed by atoms with van der Waals surface area (Å²) < 4.78 is 2.06. The molecule has 2 rings (SSSR count). The van der Waals surface area contributed by atoms with E-state index in [-0.39, 0.29) is 11.2 Å². The zero-order valence-electron chi connectivity index (χ0n) is 12.8. The van der Waals surface area contributed by atoms with Crippen LogP contribution in [0.2, 0.25) is 0 Å². The molecule has 0 fully saturated rings. The number of thioether (sulfide) groups is 1. The van der Waals surface area contributed by atoms with Crippen molar-refractivity contribution in [3.8, 4) is 5.69 Å². The predicted molar refractivity (Wildman–Crippen MR) is 85.4 cm³/mol. The van der Waals surface area contributed by atoms with Gasteiger partial charge in [0.15, 0.2) is 5.16 Å². The molecule has 0 bridgehead atoms. The molecule has 112 valence electrons. The van der Waals surface area contributed by atoms with E-state index in [0.29, 0.717) is 5.16 Å². The first-order valence-electron chi connectivity index (χ1n) is 6.79. The summed E-state index contributed by atoms with van der Waals surface area (Å²) in [5.41, 5.74) is 3.18. The number of aryl methyl sites for hydroxylation is 1. The van der Waals surface area contributed by atoms with Crippen LogP contribution >= 0.6 is 11.8 Å². The van der Waals surface area contributed by atoms with Crippen molar-refractivity contribution in [2.24, 2.45) is 0 Å². The SMILES string of the molecule is Cc1cccc(-n2c(C(C)(C)C)cnc2SCC(=O)O)c1. The second-order valence-electron chi connectivity index (χ2n) is 6.03. The molecule has 2 aromatic rings. The summed E-state index contributed by atoms with van der Waals surface area (Å²) in [5.74, 6) is -0.831. The van der Waals surface area contributed by atoms with Crippen LogP contribution in [0, 0.1) is 6.92 Å². The molecule has 0 aliphatic heterocycles. The molecule has 0 aliphatic carbocycles. The number of carboxylic acid groups (broad SMARTS) is 1. The van der Waals surface area contributed by atoms with Crippen molar-refractivity contribution < 1.29 is 9.90 Å². The summed E-state index contributed by atoms with van der Waals surface area (Å²) in [4.78, 5) is 15.2. The van der Waals surface area contributed by atoms with E-state index >= 15 is 0 Å². The summed E-state index contributed by atoms with van der Waals surface area (Å²) >= 11 is 1.25. The van der Waals surface area contributed by atoms with Crippen LogP contribution in [0.3, 0.4) is 0 Å². The van der Waals surface area contributed by atoms with Gasteiger partial charge in [-0.25, -0.2) is 4.98 Å². The minimum atomic E-state index is -0.837.